The van der Waals surface area contributed by atoms with Gasteiger partial charge < -0.3 is 0 Å². The number of benzene rings is 1. The zero-order valence-corrected chi connectivity index (χ0v) is 8.14. The molecule has 0 saturated carbocycles. The average molecular weight is 234 g/mol. The van der Waals surface area contributed by atoms with Crippen molar-refractivity contribution >= 4 is 15.9 Å². The lowest BCUT2D eigenvalue weighted by molar-refractivity contribution is 0.0663. The van der Waals surface area contributed by atoms with E-state index in [4.69, 9.17) is 5.90 Å². The van der Waals surface area contributed by atoms with Crippen LogP contribution in [0.25, 0.3) is 0 Å². The Hall–Kier alpha value is -0.450. The first-order valence-electron chi connectivity index (χ1n) is 3.45. The van der Waals surface area contributed by atoms with Crippen molar-refractivity contribution in [2.45, 2.75) is 13.0 Å². The lowest BCUT2D eigenvalue weighted by atomic mass is 10.1. The predicted octanol–water partition coefficient (Wildman–Crippen LogP) is 2.54. The molecule has 0 saturated heterocycles. The topological polar surface area (TPSA) is 35.2 Å². The van der Waals surface area contributed by atoms with Crippen LogP contribution in [0.5, 0.6) is 0 Å². The molecule has 0 fully saturated rings. The Balaban J connectivity index is 2.96. The van der Waals surface area contributed by atoms with E-state index in [0.717, 1.165) is 5.56 Å². The van der Waals surface area contributed by atoms with Gasteiger partial charge in [0, 0.05) is 0 Å². The van der Waals surface area contributed by atoms with Crippen molar-refractivity contribution in [1.82, 2.24) is 0 Å². The highest BCUT2D eigenvalue weighted by molar-refractivity contribution is 9.10. The minimum atomic E-state index is -0.289. The van der Waals surface area contributed by atoms with Crippen LogP contribution in [0.2, 0.25) is 0 Å². The molecule has 1 unspecified atom stereocenters. The van der Waals surface area contributed by atoms with Crippen LogP contribution in [0.1, 0.15) is 18.6 Å². The van der Waals surface area contributed by atoms with Crippen molar-refractivity contribution in [2.24, 2.45) is 5.90 Å². The predicted molar refractivity (Wildman–Crippen MR) is 47.8 cm³/mol. The van der Waals surface area contributed by atoms with Crippen LogP contribution in [0.3, 0.4) is 0 Å². The molecule has 2 nitrogen and oxygen atoms in total. The summed E-state index contributed by atoms with van der Waals surface area (Å²) in [6.45, 7) is 1.79. The fourth-order valence-corrected chi connectivity index (χ4v) is 1.24. The quantitative estimate of drug-likeness (QED) is 0.798. The summed E-state index contributed by atoms with van der Waals surface area (Å²) >= 11 is 3.07. The van der Waals surface area contributed by atoms with Crippen LogP contribution in [-0.4, -0.2) is 0 Å². The zero-order chi connectivity index (χ0) is 9.14. The van der Waals surface area contributed by atoms with Gasteiger partial charge >= 0.3 is 0 Å². The van der Waals surface area contributed by atoms with E-state index in [0.29, 0.717) is 4.47 Å². The molecule has 0 bridgehead atoms. The van der Waals surface area contributed by atoms with Crippen LogP contribution in [0, 0.1) is 5.82 Å². The van der Waals surface area contributed by atoms with E-state index in [2.05, 4.69) is 20.8 Å². The molecule has 4 heteroatoms. The Morgan fingerprint density at radius 2 is 2.25 bits per heavy atom. The molecule has 0 aliphatic carbocycles. The minimum Gasteiger partial charge on any atom is -0.297 e. The highest BCUT2D eigenvalue weighted by atomic mass is 79.9. The van der Waals surface area contributed by atoms with Crippen LogP contribution in [0.4, 0.5) is 4.39 Å². The van der Waals surface area contributed by atoms with Crippen LogP contribution >= 0.6 is 15.9 Å². The minimum absolute atomic E-state index is 0.220. The first-order chi connectivity index (χ1) is 5.65. The third kappa shape index (κ3) is 2.03. The maximum Gasteiger partial charge on any atom is 0.137 e. The molecule has 66 valence electrons. The van der Waals surface area contributed by atoms with Gasteiger partial charge in [-0.05, 0) is 40.5 Å². The van der Waals surface area contributed by atoms with Crippen molar-refractivity contribution < 1.29 is 9.23 Å². The number of hydrogen-bond acceptors (Lipinski definition) is 2. The van der Waals surface area contributed by atoms with E-state index < -0.39 is 0 Å². The molecule has 1 aromatic rings. The molecule has 2 N–H and O–H groups in total. The van der Waals surface area contributed by atoms with Gasteiger partial charge in [0.1, 0.15) is 11.9 Å². The summed E-state index contributed by atoms with van der Waals surface area (Å²) in [7, 11) is 0. The highest BCUT2D eigenvalue weighted by Gasteiger charge is 2.06. The number of rotatable bonds is 2. The Kier molecular flexibility index (Phi) is 3.20. The van der Waals surface area contributed by atoms with Gasteiger partial charge in [0.15, 0.2) is 0 Å². The molecule has 0 amide bonds. The van der Waals surface area contributed by atoms with Gasteiger partial charge in [0.25, 0.3) is 0 Å². The van der Waals surface area contributed by atoms with Gasteiger partial charge in [-0.15, -0.1) is 0 Å². The molecule has 0 aromatic heterocycles. The second kappa shape index (κ2) is 3.98. The van der Waals surface area contributed by atoms with Crippen molar-refractivity contribution in [3.8, 4) is 0 Å². The van der Waals surface area contributed by atoms with Crippen molar-refractivity contribution in [1.29, 1.82) is 0 Å². The standard InChI is InChI=1S/C8H9BrFNO/c1-5(12-11)6-2-3-8(10)7(9)4-6/h2-5H,11H2,1H3. The van der Waals surface area contributed by atoms with Crippen molar-refractivity contribution in [3.05, 3.63) is 34.1 Å². The van der Waals surface area contributed by atoms with Crippen molar-refractivity contribution in [2.75, 3.05) is 0 Å². The molecule has 0 aliphatic heterocycles. The average Bonchev–Trinajstić information content (AvgIpc) is 2.08. The van der Waals surface area contributed by atoms with Gasteiger partial charge in [-0.1, -0.05) is 6.07 Å². The fraction of sp³-hybridized carbons (Fsp3) is 0.250. The molecular weight excluding hydrogens is 225 g/mol. The van der Waals surface area contributed by atoms with Gasteiger partial charge in [-0.2, -0.15) is 0 Å². The van der Waals surface area contributed by atoms with Crippen LogP contribution < -0.4 is 5.90 Å². The second-order valence-corrected chi connectivity index (χ2v) is 3.31. The van der Waals surface area contributed by atoms with E-state index in [9.17, 15) is 4.39 Å². The number of halogens is 2. The summed E-state index contributed by atoms with van der Waals surface area (Å²) in [6.07, 6.45) is -0.220. The number of nitrogens with two attached hydrogens (primary N) is 1. The highest BCUT2D eigenvalue weighted by Crippen LogP contribution is 2.21. The van der Waals surface area contributed by atoms with Crippen molar-refractivity contribution in [3.63, 3.8) is 0 Å². The molecule has 1 rings (SSSR count). The van der Waals surface area contributed by atoms with E-state index in [1.165, 1.54) is 6.07 Å². The first kappa shape index (κ1) is 9.64. The Morgan fingerprint density at radius 1 is 1.58 bits per heavy atom. The first-order valence-corrected chi connectivity index (χ1v) is 4.25. The van der Waals surface area contributed by atoms with E-state index in [1.807, 2.05) is 0 Å². The SMILES string of the molecule is CC(ON)c1ccc(F)c(Br)c1. The molecular formula is C8H9BrFNO. The number of hydrogen-bond donors (Lipinski definition) is 1. The Labute approximate surface area is 78.6 Å². The lowest BCUT2D eigenvalue weighted by Crippen LogP contribution is -2.05. The summed E-state index contributed by atoms with van der Waals surface area (Å²) in [5.74, 6) is 4.69. The van der Waals surface area contributed by atoms with Gasteiger partial charge in [0.2, 0.25) is 0 Å². The monoisotopic (exact) mass is 233 g/mol. The molecule has 0 spiro atoms. The summed E-state index contributed by atoms with van der Waals surface area (Å²) in [5.41, 5.74) is 0.839. The normalized spacial score (nSPS) is 13.0. The molecule has 1 atom stereocenters. The van der Waals surface area contributed by atoms with Crippen LogP contribution in [0.15, 0.2) is 22.7 Å². The van der Waals surface area contributed by atoms with E-state index >= 15 is 0 Å². The Morgan fingerprint density at radius 3 is 2.75 bits per heavy atom. The fourth-order valence-electron chi connectivity index (χ4n) is 0.844. The van der Waals surface area contributed by atoms with E-state index in [-0.39, 0.29) is 11.9 Å². The summed E-state index contributed by atoms with van der Waals surface area (Å²) in [6, 6.07) is 4.65. The third-order valence-electron chi connectivity index (χ3n) is 1.62. The molecule has 1 aromatic carbocycles. The molecule has 0 heterocycles. The molecule has 12 heavy (non-hydrogen) atoms. The lowest BCUT2D eigenvalue weighted by Gasteiger charge is -2.08. The van der Waals surface area contributed by atoms with E-state index in [1.54, 1.807) is 19.1 Å². The van der Waals surface area contributed by atoms with Gasteiger partial charge in [-0.3, -0.25) is 4.84 Å². The molecule has 0 aliphatic rings. The zero-order valence-electron chi connectivity index (χ0n) is 6.55. The maximum atomic E-state index is 12.7. The van der Waals surface area contributed by atoms with Gasteiger partial charge in [-0.25, -0.2) is 10.3 Å². The largest absolute Gasteiger partial charge is 0.297 e. The smallest absolute Gasteiger partial charge is 0.137 e. The summed E-state index contributed by atoms with van der Waals surface area (Å²) in [5, 5.41) is 0. The van der Waals surface area contributed by atoms with Crippen LogP contribution in [-0.2, 0) is 4.84 Å². The Bertz CT molecular complexity index is 280. The second-order valence-electron chi connectivity index (χ2n) is 2.45. The molecule has 0 radical (unpaired) electrons. The van der Waals surface area contributed by atoms with Gasteiger partial charge in [0.05, 0.1) is 4.47 Å². The summed E-state index contributed by atoms with van der Waals surface area (Å²) < 4.78 is 13.2. The summed E-state index contributed by atoms with van der Waals surface area (Å²) in [4.78, 5) is 4.59. The third-order valence-corrected chi connectivity index (χ3v) is 2.22. The maximum absolute atomic E-state index is 12.7.